The zero-order valence-corrected chi connectivity index (χ0v) is 9.01. The second-order valence-corrected chi connectivity index (χ2v) is 3.55. The molecule has 84 valence electrons. The van der Waals surface area contributed by atoms with Crippen LogP contribution in [-0.4, -0.2) is 10.5 Å². The summed E-state index contributed by atoms with van der Waals surface area (Å²) < 4.78 is 3.42. The molecule has 0 saturated carbocycles. The quantitative estimate of drug-likeness (QED) is 0.692. The van der Waals surface area contributed by atoms with E-state index in [-0.39, 0.29) is 6.54 Å². The average Bonchev–Trinajstić information content (AvgIpc) is 2.52. The number of aliphatic carboxylic acids is 1. The van der Waals surface area contributed by atoms with Crippen LogP contribution in [0.5, 0.6) is 0 Å². The molecule has 0 spiro atoms. The lowest BCUT2D eigenvalue weighted by atomic mass is 10.3. The number of hydrogen-bond donors (Lipinski definition) is 1. The number of carbonyl (C=O) groups is 1. The van der Waals surface area contributed by atoms with E-state index in [1.807, 2.05) is 35.8 Å². The Morgan fingerprint density at radius 3 is 2.81 bits per heavy atom. The van der Waals surface area contributed by atoms with Gasteiger partial charge in [0.2, 0.25) is 0 Å². The summed E-state index contributed by atoms with van der Waals surface area (Å²) in [5.41, 5.74) is 7.65. The lowest BCUT2D eigenvalue weighted by Gasteiger charge is -2.01. The van der Waals surface area contributed by atoms with Crippen molar-refractivity contribution in [3.05, 3.63) is 24.3 Å². The van der Waals surface area contributed by atoms with Crippen molar-refractivity contribution in [3.63, 3.8) is 0 Å². The first kappa shape index (κ1) is 10.5. The SMILES string of the molecule is CCn1c(N)[n+](CC(=O)[O-])c2ccccc21. The number of benzene rings is 1. The third-order valence-corrected chi connectivity index (χ3v) is 2.62. The Labute approximate surface area is 92.7 Å². The van der Waals surface area contributed by atoms with Gasteiger partial charge in [-0.1, -0.05) is 12.1 Å². The third-order valence-electron chi connectivity index (χ3n) is 2.62. The maximum atomic E-state index is 10.7. The van der Waals surface area contributed by atoms with Crippen molar-refractivity contribution in [2.75, 3.05) is 5.73 Å². The number of hydrogen-bond acceptors (Lipinski definition) is 3. The fourth-order valence-corrected chi connectivity index (χ4v) is 1.94. The van der Waals surface area contributed by atoms with Crippen molar-refractivity contribution in [2.45, 2.75) is 20.0 Å². The van der Waals surface area contributed by atoms with Crippen LogP contribution in [0, 0.1) is 0 Å². The van der Waals surface area contributed by atoms with Crippen LogP contribution >= 0.6 is 0 Å². The van der Waals surface area contributed by atoms with Crippen molar-refractivity contribution in [1.29, 1.82) is 0 Å². The monoisotopic (exact) mass is 219 g/mol. The Morgan fingerprint density at radius 2 is 2.19 bits per heavy atom. The number of carboxylic acid groups (broad SMARTS) is 1. The van der Waals surface area contributed by atoms with Gasteiger partial charge >= 0.3 is 5.95 Å². The van der Waals surface area contributed by atoms with Crippen LogP contribution in [0.1, 0.15) is 6.92 Å². The number of para-hydroxylation sites is 2. The number of imidazole rings is 1. The van der Waals surface area contributed by atoms with Crippen molar-refractivity contribution in [2.24, 2.45) is 0 Å². The van der Waals surface area contributed by atoms with Crippen LogP contribution in [0.3, 0.4) is 0 Å². The van der Waals surface area contributed by atoms with E-state index >= 15 is 0 Å². The second kappa shape index (κ2) is 3.84. The molecule has 2 rings (SSSR count). The summed E-state index contributed by atoms with van der Waals surface area (Å²) in [7, 11) is 0. The summed E-state index contributed by atoms with van der Waals surface area (Å²) in [6, 6.07) is 7.52. The number of carbonyl (C=O) groups excluding carboxylic acids is 1. The molecule has 5 heteroatoms. The number of nitrogens with two attached hydrogens (primary N) is 1. The number of aryl methyl sites for hydroxylation is 1. The van der Waals surface area contributed by atoms with Gasteiger partial charge in [-0.05, 0) is 19.1 Å². The predicted molar refractivity (Wildman–Crippen MR) is 57.2 cm³/mol. The average molecular weight is 219 g/mol. The molecule has 0 amide bonds. The van der Waals surface area contributed by atoms with E-state index in [0.29, 0.717) is 12.5 Å². The molecule has 16 heavy (non-hydrogen) atoms. The Bertz CT molecular complexity index is 545. The molecule has 0 aliphatic rings. The number of aromatic nitrogens is 2. The Morgan fingerprint density at radius 1 is 1.50 bits per heavy atom. The first-order chi connectivity index (χ1) is 7.65. The molecule has 2 aromatic rings. The highest BCUT2D eigenvalue weighted by Crippen LogP contribution is 2.15. The van der Waals surface area contributed by atoms with E-state index in [1.165, 1.54) is 0 Å². The normalized spacial score (nSPS) is 10.8. The number of nitrogens with zero attached hydrogens (tertiary/aromatic N) is 2. The van der Waals surface area contributed by atoms with Gasteiger partial charge in [0.1, 0.15) is 17.6 Å². The number of nitrogen functional groups attached to an aromatic ring is 1. The summed E-state index contributed by atoms with van der Waals surface area (Å²) in [4.78, 5) is 10.7. The molecule has 1 aromatic carbocycles. The van der Waals surface area contributed by atoms with Gasteiger partial charge < -0.3 is 9.90 Å². The van der Waals surface area contributed by atoms with E-state index in [4.69, 9.17) is 5.73 Å². The first-order valence-corrected chi connectivity index (χ1v) is 5.11. The predicted octanol–water partition coefficient (Wildman–Crippen LogP) is -0.719. The molecule has 0 atom stereocenters. The first-order valence-electron chi connectivity index (χ1n) is 5.11. The number of anilines is 1. The highest BCUT2D eigenvalue weighted by atomic mass is 16.4. The van der Waals surface area contributed by atoms with Crippen molar-refractivity contribution >= 4 is 23.0 Å². The maximum Gasteiger partial charge on any atom is 0.356 e. The molecule has 0 bridgehead atoms. The molecule has 5 nitrogen and oxygen atoms in total. The Hall–Kier alpha value is -2.04. The fraction of sp³-hybridized carbons (Fsp3) is 0.273. The van der Waals surface area contributed by atoms with E-state index in [9.17, 15) is 9.90 Å². The molecular weight excluding hydrogens is 206 g/mol. The van der Waals surface area contributed by atoms with Crippen LogP contribution in [0.2, 0.25) is 0 Å². The van der Waals surface area contributed by atoms with E-state index < -0.39 is 5.97 Å². The second-order valence-electron chi connectivity index (χ2n) is 3.55. The Kier molecular flexibility index (Phi) is 2.52. The molecule has 0 aliphatic carbocycles. The van der Waals surface area contributed by atoms with Gasteiger partial charge in [-0.15, -0.1) is 0 Å². The minimum Gasteiger partial charge on any atom is -0.547 e. The van der Waals surface area contributed by atoms with Crippen LogP contribution < -0.4 is 15.4 Å². The van der Waals surface area contributed by atoms with Gasteiger partial charge in [0.25, 0.3) is 0 Å². The summed E-state index contributed by atoms with van der Waals surface area (Å²) in [6.07, 6.45) is 0. The van der Waals surface area contributed by atoms with Crippen molar-refractivity contribution < 1.29 is 14.5 Å². The standard InChI is InChI=1S/C11H13N3O2/c1-2-13-8-5-3-4-6-9(8)14(11(13)12)7-10(15)16/h3-6,12H,2,7H2,1H3,(H,15,16). The molecule has 2 N–H and O–H groups in total. The van der Waals surface area contributed by atoms with E-state index in [2.05, 4.69) is 0 Å². The molecular formula is C11H13N3O2. The summed E-state index contributed by atoms with van der Waals surface area (Å²) in [5, 5.41) is 10.7. The zero-order valence-electron chi connectivity index (χ0n) is 9.01. The Balaban J connectivity index is 2.71. The van der Waals surface area contributed by atoms with Crippen LogP contribution in [0.25, 0.3) is 11.0 Å². The summed E-state index contributed by atoms with van der Waals surface area (Å²) in [6.45, 7) is 2.44. The molecule has 0 unspecified atom stereocenters. The van der Waals surface area contributed by atoms with Gasteiger partial charge in [-0.2, -0.15) is 0 Å². The molecule has 0 fully saturated rings. The van der Waals surface area contributed by atoms with Crippen LogP contribution in [0.15, 0.2) is 24.3 Å². The minimum atomic E-state index is -1.14. The van der Waals surface area contributed by atoms with E-state index in [1.54, 1.807) is 4.57 Å². The number of fused-ring (bicyclic) bond motifs is 1. The molecule has 1 aromatic heterocycles. The maximum absolute atomic E-state index is 10.7. The summed E-state index contributed by atoms with van der Waals surface area (Å²) in [5.74, 6) is -0.705. The van der Waals surface area contributed by atoms with Gasteiger partial charge in [-0.25, -0.2) is 9.13 Å². The molecule has 1 heterocycles. The topological polar surface area (TPSA) is 75.0 Å². The van der Waals surface area contributed by atoms with Gasteiger partial charge in [0, 0.05) is 0 Å². The lowest BCUT2D eigenvalue weighted by molar-refractivity contribution is -0.651. The smallest absolute Gasteiger partial charge is 0.356 e. The van der Waals surface area contributed by atoms with Crippen LogP contribution in [-0.2, 0) is 17.9 Å². The highest BCUT2D eigenvalue weighted by Gasteiger charge is 2.18. The molecule has 0 aliphatic heterocycles. The zero-order chi connectivity index (χ0) is 11.7. The van der Waals surface area contributed by atoms with Crippen molar-refractivity contribution in [1.82, 2.24) is 4.57 Å². The fourth-order valence-electron chi connectivity index (χ4n) is 1.94. The molecule has 0 radical (unpaired) electrons. The van der Waals surface area contributed by atoms with Crippen molar-refractivity contribution in [3.8, 4) is 0 Å². The number of rotatable bonds is 3. The number of carboxylic acids is 1. The van der Waals surface area contributed by atoms with E-state index in [0.717, 1.165) is 11.0 Å². The largest absolute Gasteiger partial charge is 0.547 e. The van der Waals surface area contributed by atoms with Gasteiger partial charge in [0.05, 0.1) is 12.5 Å². The van der Waals surface area contributed by atoms with Gasteiger partial charge in [-0.3, -0.25) is 5.73 Å². The van der Waals surface area contributed by atoms with Crippen LogP contribution in [0.4, 0.5) is 5.95 Å². The molecule has 0 saturated heterocycles. The minimum absolute atomic E-state index is 0.223. The van der Waals surface area contributed by atoms with Gasteiger partial charge in [0.15, 0.2) is 0 Å². The lowest BCUT2D eigenvalue weighted by Crippen LogP contribution is -2.45. The summed E-state index contributed by atoms with van der Waals surface area (Å²) >= 11 is 0. The third kappa shape index (κ3) is 1.50. The highest BCUT2D eigenvalue weighted by molar-refractivity contribution is 5.74.